The van der Waals surface area contributed by atoms with Crippen LogP contribution in [0.25, 0.3) is 0 Å². The molecule has 3 heteroatoms. The van der Waals surface area contributed by atoms with E-state index in [1.165, 1.54) is 74.5 Å². The summed E-state index contributed by atoms with van der Waals surface area (Å²) < 4.78 is 0. The van der Waals surface area contributed by atoms with E-state index < -0.39 is 0 Å². The second-order valence-corrected chi connectivity index (χ2v) is 12.0. The molecule has 2 nitrogen and oxygen atoms in total. The Morgan fingerprint density at radius 2 is 1.32 bits per heavy atom. The van der Waals surface area contributed by atoms with E-state index in [1.54, 1.807) is 0 Å². The molecule has 0 radical (unpaired) electrons. The Hall–Kier alpha value is -2.19. The molecule has 0 bridgehead atoms. The molecule has 0 amide bonds. The molecule has 0 spiro atoms. The summed E-state index contributed by atoms with van der Waals surface area (Å²) >= 11 is 6.60. The van der Waals surface area contributed by atoms with E-state index in [9.17, 15) is 0 Å². The van der Waals surface area contributed by atoms with E-state index in [2.05, 4.69) is 86.9 Å². The predicted octanol–water partition coefficient (Wildman–Crippen LogP) is 9.73. The van der Waals surface area contributed by atoms with Gasteiger partial charge in [-0.3, -0.25) is 0 Å². The fraction of sp³-hybridized carbons (Fsp3) is 0.529. The zero-order valence-corrected chi connectivity index (χ0v) is 23.6. The summed E-state index contributed by atoms with van der Waals surface area (Å²) in [6.45, 7) is 4.38. The van der Waals surface area contributed by atoms with Crippen molar-refractivity contribution in [3.63, 3.8) is 0 Å². The fourth-order valence-corrected chi connectivity index (χ4v) is 6.46. The van der Waals surface area contributed by atoms with Crippen molar-refractivity contribution in [2.24, 2.45) is 11.8 Å². The second kappa shape index (κ2) is 14.7. The number of alkyl halides is 1. The molecule has 4 rings (SSSR count). The third-order valence-corrected chi connectivity index (χ3v) is 8.56. The van der Waals surface area contributed by atoms with E-state index in [-0.39, 0.29) is 17.2 Å². The third-order valence-electron chi connectivity index (χ3n) is 8.38. The Labute approximate surface area is 230 Å². The first-order valence-electron chi connectivity index (χ1n) is 14.7. The molecule has 3 aromatic rings. The molecule has 2 atom stereocenters. The molecule has 0 aliphatic heterocycles. The summed E-state index contributed by atoms with van der Waals surface area (Å²) in [4.78, 5) is 9.90. The number of halogens is 1. The maximum Gasteiger partial charge on any atom is 0.132 e. The third kappa shape index (κ3) is 8.40. The number of aryl methyl sites for hydroxylation is 1. The van der Waals surface area contributed by atoms with Crippen molar-refractivity contribution in [2.45, 2.75) is 102 Å². The first-order chi connectivity index (χ1) is 18.1. The fourth-order valence-electron chi connectivity index (χ4n) is 6.27. The predicted molar refractivity (Wildman–Crippen MR) is 157 cm³/mol. The van der Waals surface area contributed by atoms with Crippen LogP contribution in [0.4, 0.5) is 0 Å². The molecule has 1 aromatic heterocycles. The first-order valence-corrected chi connectivity index (χ1v) is 15.1. The van der Waals surface area contributed by atoms with Gasteiger partial charge in [0.1, 0.15) is 5.82 Å². The van der Waals surface area contributed by atoms with Gasteiger partial charge >= 0.3 is 0 Å². The highest BCUT2D eigenvalue weighted by Crippen LogP contribution is 2.41. The summed E-state index contributed by atoms with van der Waals surface area (Å²) in [5, 5.41) is 0.0419. The van der Waals surface area contributed by atoms with Gasteiger partial charge in [-0.2, -0.15) is 0 Å². The van der Waals surface area contributed by atoms with E-state index in [0.29, 0.717) is 0 Å². The average molecular weight is 517 g/mol. The van der Waals surface area contributed by atoms with Crippen LogP contribution < -0.4 is 0 Å². The molecule has 1 heterocycles. The minimum absolute atomic E-state index is 0.0419. The monoisotopic (exact) mass is 516 g/mol. The van der Waals surface area contributed by atoms with Crippen molar-refractivity contribution in [3.05, 3.63) is 95.6 Å². The minimum atomic E-state index is 0.0419. The second-order valence-electron chi connectivity index (χ2n) is 11.3. The van der Waals surface area contributed by atoms with Gasteiger partial charge in [-0.15, -0.1) is 11.6 Å². The van der Waals surface area contributed by atoms with E-state index in [4.69, 9.17) is 21.6 Å². The van der Waals surface area contributed by atoms with Gasteiger partial charge in [0, 0.05) is 29.6 Å². The van der Waals surface area contributed by atoms with Crippen molar-refractivity contribution < 1.29 is 0 Å². The average Bonchev–Trinajstić information content (AvgIpc) is 2.94. The van der Waals surface area contributed by atoms with Gasteiger partial charge in [-0.05, 0) is 54.7 Å². The number of aromatic nitrogens is 2. The quantitative estimate of drug-likeness (QED) is 0.167. The molecule has 2 unspecified atom stereocenters. The lowest BCUT2D eigenvalue weighted by Crippen LogP contribution is -2.19. The van der Waals surface area contributed by atoms with Crippen LogP contribution in [0, 0.1) is 11.8 Å². The largest absolute Gasteiger partial charge is 0.241 e. The Bertz CT molecular complexity index is 971. The molecule has 1 fully saturated rings. The molecular formula is C34H45ClN2. The highest BCUT2D eigenvalue weighted by molar-refractivity contribution is 6.20. The number of unbranched alkanes of at least 4 members (excludes halogenated alkanes) is 2. The Morgan fingerprint density at radius 3 is 1.84 bits per heavy atom. The number of rotatable bonds is 13. The lowest BCUT2D eigenvalue weighted by Gasteiger charge is -2.29. The lowest BCUT2D eigenvalue weighted by molar-refractivity contribution is 0.249. The van der Waals surface area contributed by atoms with Gasteiger partial charge < -0.3 is 0 Å². The Balaban J connectivity index is 1.42. The van der Waals surface area contributed by atoms with Crippen LogP contribution in [0.3, 0.4) is 0 Å². The summed E-state index contributed by atoms with van der Waals surface area (Å²) in [7, 11) is 0. The maximum atomic E-state index is 6.60. The summed E-state index contributed by atoms with van der Waals surface area (Å²) in [5.74, 6) is 3.04. The standard InChI is InChI=1S/C34H45ClN2/c1-3-4-7-12-27-17-19-28(20-18-27)21-22-29-24-36-34(37-25-29)32(23-26(2)35)33(30-13-8-5-9-14-30)31-15-10-6-11-16-31/h5-6,8-11,13-16,24-28,32-33H,3-4,7,12,17-23H2,1-2H3. The summed E-state index contributed by atoms with van der Waals surface area (Å²) in [5.41, 5.74) is 3.84. The van der Waals surface area contributed by atoms with Crippen LogP contribution in [-0.4, -0.2) is 15.3 Å². The van der Waals surface area contributed by atoms with Crippen molar-refractivity contribution in [1.82, 2.24) is 9.97 Å². The lowest BCUT2D eigenvalue weighted by atomic mass is 9.77. The highest BCUT2D eigenvalue weighted by Gasteiger charge is 2.30. The molecule has 37 heavy (non-hydrogen) atoms. The Morgan fingerprint density at radius 1 is 0.784 bits per heavy atom. The smallest absolute Gasteiger partial charge is 0.132 e. The topological polar surface area (TPSA) is 25.8 Å². The molecule has 1 aliphatic rings. The normalized spacial score (nSPS) is 19.6. The van der Waals surface area contributed by atoms with Gasteiger partial charge in [0.25, 0.3) is 0 Å². The number of hydrogen-bond acceptors (Lipinski definition) is 2. The van der Waals surface area contributed by atoms with Crippen molar-refractivity contribution in [3.8, 4) is 0 Å². The van der Waals surface area contributed by atoms with Crippen molar-refractivity contribution in [2.75, 3.05) is 0 Å². The van der Waals surface area contributed by atoms with Crippen molar-refractivity contribution in [1.29, 1.82) is 0 Å². The van der Waals surface area contributed by atoms with Gasteiger partial charge in [-0.1, -0.05) is 119 Å². The zero-order chi connectivity index (χ0) is 25.9. The molecule has 2 aromatic carbocycles. The number of benzene rings is 2. The molecule has 198 valence electrons. The van der Waals surface area contributed by atoms with Crippen LogP contribution in [0.1, 0.15) is 112 Å². The van der Waals surface area contributed by atoms with Crippen LogP contribution in [-0.2, 0) is 6.42 Å². The zero-order valence-electron chi connectivity index (χ0n) is 22.9. The van der Waals surface area contributed by atoms with Crippen LogP contribution in [0.15, 0.2) is 73.1 Å². The molecule has 0 saturated heterocycles. The molecule has 1 aliphatic carbocycles. The van der Waals surface area contributed by atoms with Crippen LogP contribution in [0.5, 0.6) is 0 Å². The van der Waals surface area contributed by atoms with E-state index in [1.807, 2.05) is 0 Å². The van der Waals surface area contributed by atoms with Gasteiger partial charge in [0.15, 0.2) is 0 Å². The molecular weight excluding hydrogens is 472 g/mol. The van der Waals surface area contributed by atoms with Gasteiger partial charge in [0.05, 0.1) is 0 Å². The van der Waals surface area contributed by atoms with Crippen LogP contribution >= 0.6 is 11.6 Å². The van der Waals surface area contributed by atoms with Crippen molar-refractivity contribution >= 4 is 11.6 Å². The van der Waals surface area contributed by atoms with E-state index >= 15 is 0 Å². The maximum absolute atomic E-state index is 6.60. The Kier molecular flexibility index (Phi) is 11.0. The highest BCUT2D eigenvalue weighted by atomic mass is 35.5. The van der Waals surface area contributed by atoms with Gasteiger partial charge in [-0.25, -0.2) is 9.97 Å². The SMILES string of the molecule is CCCCCC1CCC(CCc2cnc(C(CC(C)Cl)C(c3ccccc3)c3ccccc3)nc2)CC1. The number of nitrogens with zero attached hydrogens (tertiary/aromatic N) is 2. The van der Waals surface area contributed by atoms with E-state index in [0.717, 1.165) is 30.5 Å². The molecule has 0 N–H and O–H groups in total. The first kappa shape index (κ1) is 27.8. The van der Waals surface area contributed by atoms with Crippen LogP contribution in [0.2, 0.25) is 0 Å². The minimum Gasteiger partial charge on any atom is -0.241 e. The molecule has 1 saturated carbocycles. The number of hydrogen-bond donors (Lipinski definition) is 0. The summed E-state index contributed by atoms with van der Waals surface area (Å²) in [6, 6.07) is 21.5. The van der Waals surface area contributed by atoms with Gasteiger partial charge in [0.2, 0.25) is 0 Å². The summed E-state index contributed by atoms with van der Waals surface area (Å²) in [6.07, 6.45) is 18.6.